The number of ether oxygens (including phenoxy) is 2. The summed E-state index contributed by atoms with van der Waals surface area (Å²) in [4.78, 5) is 16.3. The van der Waals surface area contributed by atoms with Crippen molar-refractivity contribution in [3.63, 3.8) is 0 Å². The molecule has 32 heavy (non-hydrogen) atoms. The zero-order chi connectivity index (χ0) is 22.3. The second-order valence-corrected chi connectivity index (χ2v) is 9.17. The lowest BCUT2D eigenvalue weighted by Gasteiger charge is -2.34. The van der Waals surface area contributed by atoms with Gasteiger partial charge in [-0.15, -0.1) is 11.3 Å². The Morgan fingerprint density at radius 3 is 2.69 bits per heavy atom. The van der Waals surface area contributed by atoms with Gasteiger partial charge in [0.25, 0.3) is 5.91 Å². The van der Waals surface area contributed by atoms with Crippen LogP contribution in [0.2, 0.25) is 0 Å². The summed E-state index contributed by atoms with van der Waals surface area (Å²) < 4.78 is 16.6. The van der Waals surface area contributed by atoms with E-state index in [0.717, 1.165) is 24.4 Å². The van der Waals surface area contributed by atoms with E-state index in [-0.39, 0.29) is 17.6 Å². The number of carbonyl (C=O) groups is 1. The predicted molar refractivity (Wildman–Crippen MR) is 124 cm³/mol. The second-order valence-electron chi connectivity index (χ2n) is 8.20. The Bertz CT molecular complexity index is 979. The summed E-state index contributed by atoms with van der Waals surface area (Å²) in [5, 5.41) is 9.07. The van der Waals surface area contributed by atoms with E-state index in [0.29, 0.717) is 38.0 Å². The van der Waals surface area contributed by atoms with Gasteiger partial charge in [0.1, 0.15) is 5.75 Å². The number of carbonyl (C=O) groups excluding carboxylic acids is 1. The van der Waals surface area contributed by atoms with Crippen molar-refractivity contribution < 1.29 is 18.8 Å². The molecule has 1 atom stereocenters. The highest BCUT2D eigenvalue weighted by molar-refractivity contribution is 7.10. The van der Waals surface area contributed by atoms with Gasteiger partial charge in [0.2, 0.25) is 0 Å². The average molecular weight is 456 g/mol. The van der Waals surface area contributed by atoms with Crippen molar-refractivity contribution in [1.82, 2.24) is 15.4 Å². The SMILES string of the molecule is CC(C)COc1ccc(-c2cc(C(=O)NC[C@H](c3cccs3)N3CCOCC3)no2)cc1. The molecule has 0 aliphatic carbocycles. The predicted octanol–water partition coefficient (Wildman–Crippen LogP) is 4.24. The molecule has 4 rings (SSSR count). The number of amides is 1. The molecule has 1 aliphatic heterocycles. The molecular weight excluding hydrogens is 426 g/mol. The summed E-state index contributed by atoms with van der Waals surface area (Å²) in [6.07, 6.45) is 0. The van der Waals surface area contributed by atoms with Crippen molar-refractivity contribution in [2.75, 3.05) is 39.5 Å². The molecule has 0 radical (unpaired) electrons. The number of hydrogen-bond acceptors (Lipinski definition) is 7. The maximum atomic E-state index is 12.8. The molecule has 3 aromatic rings. The highest BCUT2D eigenvalue weighted by Crippen LogP contribution is 2.26. The first-order valence-corrected chi connectivity index (χ1v) is 11.8. The number of benzene rings is 1. The van der Waals surface area contributed by atoms with Gasteiger partial charge < -0.3 is 19.3 Å². The van der Waals surface area contributed by atoms with E-state index >= 15 is 0 Å². The van der Waals surface area contributed by atoms with Crippen molar-refractivity contribution >= 4 is 17.2 Å². The molecule has 1 aliphatic rings. The van der Waals surface area contributed by atoms with Crippen LogP contribution < -0.4 is 10.1 Å². The van der Waals surface area contributed by atoms with E-state index in [1.807, 2.05) is 30.3 Å². The fourth-order valence-corrected chi connectivity index (χ4v) is 4.42. The van der Waals surface area contributed by atoms with Gasteiger partial charge in [0.05, 0.1) is 25.9 Å². The molecule has 2 aromatic heterocycles. The van der Waals surface area contributed by atoms with Gasteiger partial charge in [-0.05, 0) is 41.6 Å². The molecule has 1 N–H and O–H groups in total. The molecule has 0 saturated carbocycles. The van der Waals surface area contributed by atoms with Gasteiger partial charge in [-0.3, -0.25) is 9.69 Å². The van der Waals surface area contributed by atoms with Gasteiger partial charge in [0.15, 0.2) is 11.5 Å². The third-order valence-corrected chi connectivity index (χ3v) is 6.25. The van der Waals surface area contributed by atoms with E-state index < -0.39 is 0 Å². The first-order valence-electron chi connectivity index (χ1n) is 10.9. The Labute approximate surface area is 192 Å². The van der Waals surface area contributed by atoms with Gasteiger partial charge in [0, 0.05) is 36.1 Å². The van der Waals surface area contributed by atoms with Crippen LogP contribution in [0.5, 0.6) is 5.75 Å². The molecule has 1 saturated heterocycles. The summed E-state index contributed by atoms with van der Waals surface area (Å²) in [6.45, 7) is 8.52. The second kappa shape index (κ2) is 10.8. The van der Waals surface area contributed by atoms with Crippen LogP contribution in [0.25, 0.3) is 11.3 Å². The van der Waals surface area contributed by atoms with Crippen LogP contribution in [-0.4, -0.2) is 55.4 Å². The Kier molecular flexibility index (Phi) is 7.57. The minimum absolute atomic E-state index is 0.118. The number of morpholine rings is 1. The third kappa shape index (κ3) is 5.76. The number of aromatic nitrogens is 1. The van der Waals surface area contributed by atoms with Crippen LogP contribution >= 0.6 is 11.3 Å². The van der Waals surface area contributed by atoms with Gasteiger partial charge in [-0.1, -0.05) is 25.1 Å². The lowest BCUT2D eigenvalue weighted by molar-refractivity contribution is 0.0169. The molecular formula is C24H29N3O4S. The summed E-state index contributed by atoms with van der Waals surface area (Å²) in [5.74, 6) is 1.58. The largest absolute Gasteiger partial charge is 0.493 e. The molecule has 0 bridgehead atoms. The zero-order valence-corrected chi connectivity index (χ0v) is 19.3. The quantitative estimate of drug-likeness (QED) is 0.520. The van der Waals surface area contributed by atoms with Gasteiger partial charge >= 0.3 is 0 Å². The number of nitrogens with one attached hydrogen (secondary N) is 1. The number of thiophene rings is 1. The molecule has 170 valence electrons. The van der Waals surface area contributed by atoms with Crippen molar-refractivity contribution in [3.05, 3.63) is 58.4 Å². The van der Waals surface area contributed by atoms with Crippen LogP contribution in [-0.2, 0) is 4.74 Å². The van der Waals surface area contributed by atoms with E-state index in [2.05, 4.69) is 40.7 Å². The lowest BCUT2D eigenvalue weighted by Crippen LogP contribution is -2.43. The van der Waals surface area contributed by atoms with Crippen LogP contribution in [0.4, 0.5) is 0 Å². The Morgan fingerprint density at radius 2 is 2.00 bits per heavy atom. The molecule has 3 heterocycles. The van der Waals surface area contributed by atoms with Crippen molar-refractivity contribution in [2.24, 2.45) is 5.92 Å². The molecule has 7 nitrogen and oxygen atoms in total. The highest BCUT2D eigenvalue weighted by atomic mass is 32.1. The summed E-state index contributed by atoms with van der Waals surface area (Å²) in [7, 11) is 0. The first-order chi connectivity index (χ1) is 15.6. The normalized spacial score (nSPS) is 15.6. The molecule has 0 spiro atoms. The maximum Gasteiger partial charge on any atom is 0.273 e. The van der Waals surface area contributed by atoms with Crippen molar-refractivity contribution in [2.45, 2.75) is 19.9 Å². The van der Waals surface area contributed by atoms with Crippen molar-refractivity contribution in [3.8, 4) is 17.1 Å². The number of hydrogen-bond donors (Lipinski definition) is 1. The first kappa shape index (κ1) is 22.5. The Morgan fingerprint density at radius 1 is 1.22 bits per heavy atom. The van der Waals surface area contributed by atoms with Gasteiger partial charge in [-0.2, -0.15) is 0 Å². The molecule has 1 aromatic carbocycles. The van der Waals surface area contributed by atoms with Crippen LogP contribution in [0.3, 0.4) is 0 Å². The van der Waals surface area contributed by atoms with Crippen LogP contribution in [0.15, 0.2) is 52.4 Å². The average Bonchev–Trinajstić information content (AvgIpc) is 3.52. The van der Waals surface area contributed by atoms with E-state index in [9.17, 15) is 4.79 Å². The molecule has 1 fully saturated rings. The zero-order valence-electron chi connectivity index (χ0n) is 18.5. The topological polar surface area (TPSA) is 76.8 Å². The Hall–Kier alpha value is -2.68. The fraction of sp³-hybridized carbons (Fsp3) is 0.417. The monoisotopic (exact) mass is 455 g/mol. The standard InChI is InChI=1S/C24H29N3O4S/c1-17(2)16-30-19-7-5-18(6-8-19)22-14-20(26-31-22)24(28)25-15-21(23-4-3-13-32-23)27-9-11-29-12-10-27/h3-8,13-14,17,21H,9-12,15-16H2,1-2H3,(H,25,28)/t21-/m1/s1. The minimum atomic E-state index is -0.244. The lowest BCUT2D eigenvalue weighted by atomic mass is 10.1. The molecule has 0 unspecified atom stereocenters. The summed E-state index contributed by atoms with van der Waals surface area (Å²) in [6, 6.07) is 13.5. The summed E-state index contributed by atoms with van der Waals surface area (Å²) in [5.41, 5.74) is 1.12. The van der Waals surface area contributed by atoms with E-state index in [1.165, 1.54) is 4.88 Å². The van der Waals surface area contributed by atoms with Crippen molar-refractivity contribution in [1.29, 1.82) is 0 Å². The number of nitrogens with zero attached hydrogens (tertiary/aromatic N) is 2. The van der Waals surface area contributed by atoms with E-state index in [4.69, 9.17) is 14.0 Å². The van der Waals surface area contributed by atoms with Crippen LogP contribution in [0, 0.1) is 5.92 Å². The maximum absolute atomic E-state index is 12.8. The highest BCUT2D eigenvalue weighted by Gasteiger charge is 2.24. The Balaban J connectivity index is 1.37. The molecule has 8 heteroatoms. The smallest absolute Gasteiger partial charge is 0.273 e. The molecule has 1 amide bonds. The third-order valence-electron chi connectivity index (χ3n) is 5.28. The number of rotatable bonds is 9. The van der Waals surface area contributed by atoms with E-state index in [1.54, 1.807) is 17.4 Å². The fourth-order valence-electron chi connectivity index (χ4n) is 3.56. The van der Waals surface area contributed by atoms with Gasteiger partial charge in [-0.25, -0.2) is 0 Å². The summed E-state index contributed by atoms with van der Waals surface area (Å²) >= 11 is 1.70. The minimum Gasteiger partial charge on any atom is -0.493 e. The van der Waals surface area contributed by atoms with Crippen LogP contribution in [0.1, 0.15) is 35.3 Å².